The first-order chi connectivity index (χ1) is 17.9. The van der Waals surface area contributed by atoms with Crippen molar-refractivity contribution in [2.24, 2.45) is 5.92 Å². The summed E-state index contributed by atoms with van der Waals surface area (Å²) in [5.41, 5.74) is 6.23. The molecule has 4 rings (SSSR count). The van der Waals surface area contributed by atoms with Crippen LogP contribution in [0.5, 0.6) is 0 Å². The highest BCUT2D eigenvalue weighted by Crippen LogP contribution is 2.32. The minimum Gasteiger partial charge on any atom is -0.480 e. The number of aldehydes is 1. The molecule has 2 heterocycles. The van der Waals surface area contributed by atoms with E-state index in [0.29, 0.717) is 12.8 Å². The second-order valence-electron chi connectivity index (χ2n) is 9.61. The van der Waals surface area contributed by atoms with E-state index in [2.05, 4.69) is 45.5 Å². The highest BCUT2D eigenvalue weighted by molar-refractivity contribution is 5.83. The molecule has 1 amide bonds. The van der Waals surface area contributed by atoms with Gasteiger partial charge in [-0.25, -0.2) is 0 Å². The van der Waals surface area contributed by atoms with E-state index in [1.165, 1.54) is 5.56 Å². The topological polar surface area (TPSA) is 99.6 Å². The molecule has 37 heavy (non-hydrogen) atoms. The van der Waals surface area contributed by atoms with Crippen molar-refractivity contribution in [2.45, 2.75) is 38.5 Å². The molecule has 0 radical (unpaired) electrons. The number of pyridine rings is 1. The number of carboxylic acids is 1. The largest absolute Gasteiger partial charge is 0.480 e. The molecule has 7 heteroatoms. The van der Waals surface area contributed by atoms with E-state index in [9.17, 15) is 14.4 Å². The number of nitrogens with zero attached hydrogens (tertiary/aromatic N) is 2. The van der Waals surface area contributed by atoms with Crippen LogP contribution in [0.4, 0.5) is 5.69 Å². The van der Waals surface area contributed by atoms with Crippen LogP contribution in [0.2, 0.25) is 0 Å². The molecule has 1 atom stereocenters. The normalized spacial score (nSPS) is 14.7. The number of aromatic nitrogens is 1. The van der Waals surface area contributed by atoms with Crippen LogP contribution in [0, 0.1) is 12.8 Å². The van der Waals surface area contributed by atoms with E-state index in [0.717, 1.165) is 60.3 Å². The molecule has 0 bridgehead atoms. The van der Waals surface area contributed by atoms with E-state index in [1.807, 2.05) is 43.5 Å². The highest BCUT2D eigenvalue weighted by Gasteiger charge is 2.25. The zero-order valence-electron chi connectivity index (χ0n) is 21.1. The number of aliphatic carboxylic acids is 1. The average molecular weight is 500 g/mol. The third-order valence-corrected chi connectivity index (χ3v) is 7.12. The molecule has 0 spiro atoms. The fraction of sp³-hybridized carbons (Fsp3) is 0.333. The molecule has 192 valence electrons. The van der Waals surface area contributed by atoms with Gasteiger partial charge in [-0.3, -0.25) is 19.4 Å². The third kappa shape index (κ3) is 6.82. The number of hydrogen-bond acceptors (Lipinski definition) is 5. The fourth-order valence-corrected chi connectivity index (χ4v) is 5.11. The summed E-state index contributed by atoms with van der Waals surface area (Å²) in [6.45, 7) is 3.17. The number of carbonyl (C=O) groups is 3. The standard InChI is InChI=1S/C30H33N3O4/c1-21-18-24(12-15-31-21)28(27-5-3-2-4-25(27)20-34)11-8-22-6-9-26(10-7-22)33-16-13-23(14-17-33)30(37)32-19-29(35)36/h2-7,9-10,12,15,18,20,23,28H,8,11,13-14,16-17,19H2,1H3,(H,32,37)(H,35,36)/t28-/m1/s1. The highest BCUT2D eigenvalue weighted by atomic mass is 16.4. The first kappa shape index (κ1) is 26.1. The summed E-state index contributed by atoms with van der Waals surface area (Å²) in [6.07, 6.45) is 5.90. The van der Waals surface area contributed by atoms with Crippen LogP contribution in [-0.4, -0.2) is 47.9 Å². The van der Waals surface area contributed by atoms with Crippen molar-refractivity contribution in [3.05, 3.63) is 94.8 Å². The van der Waals surface area contributed by atoms with Crippen molar-refractivity contribution in [1.82, 2.24) is 10.3 Å². The molecule has 1 aliphatic rings. The number of benzene rings is 2. The van der Waals surface area contributed by atoms with Gasteiger partial charge in [-0.15, -0.1) is 0 Å². The monoisotopic (exact) mass is 499 g/mol. The number of piperidine rings is 1. The van der Waals surface area contributed by atoms with Gasteiger partial charge in [0.25, 0.3) is 0 Å². The quantitative estimate of drug-likeness (QED) is 0.402. The van der Waals surface area contributed by atoms with Gasteiger partial charge in [0.1, 0.15) is 12.8 Å². The van der Waals surface area contributed by atoms with Crippen molar-refractivity contribution in [1.29, 1.82) is 0 Å². The van der Waals surface area contributed by atoms with E-state index < -0.39 is 5.97 Å². The zero-order valence-corrected chi connectivity index (χ0v) is 21.1. The van der Waals surface area contributed by atoms with Gasteiger partial charge >= 0.3 is 5.97 Å². The van der Waals surface area contributed by atoms with Crippen molar-refractivity contribution in [3.63, 3.8) is 0 Å². The van der Waals surface area contributed by atoms with E-state index in [4.69, 9.17) is 5.11 Å². The van der Waals surface area contributed by atoms with Gasteiger partial charge in [-0.2, -0.15) is 0 Å². The van der Waals surface area contributed by atoms with Gasteiger partial charge < -0.3 is 15.3 Å². The minimum atomic E-state index is -1.03. The summed E-state index contributed by atoms with van der Waals surface area (Å²) in [6, 6.07) is 20.5. The van der Waals surface area contributed by atoms with Crippen LogP contribution in [0.1, 0.15) is 57.9 Å². The SMILES string of the molecule is Cc1cc([C@@H](CCc2ccc(N3CCC(C(=O)NCC(=O)O)CC3)cc2)c2ccccc2C=O)ccn1. The van der Waals surface area contributed by atoms with Gasteiger partial charge in [0.2, 0.25) is 5.91 Å². The lowest BCUT2D eigenvalue weighted by Gasteiger charge is -2.33. The van der Waals surface area contributed by atoms with Crippen molar-refractivity contribution in [2.75, 3.05) is 24.5 Å². The molecule has 1 aromatic heterocycles. The molecule has 1 fully saturated rings. The molecular weight excluding hydrogens is 466 g/mol. The molecule has 1 aliphatic heterocycles. The number of aryl methyl sites for hydroxylation is 2. The molecule has 0 aliphatic carbocycles. The molecule has 0 saturated carbocycles. The Morgan fingerprint density at radius 3 is 2.51 bits per heavy atom. The number of nitrogens with one attached hydrogen (secondary N) is 1. The minimum absolute atomic E-state index is 0.0917. The molecule has 7 nitrogen and oxygen atoms in total. The van der Waals surface area contributed by atoms with E-state index in [-0.39, 0.29) is 24.3 Å². The molecule has 1 saturated heterocycles. The predicted molar refractivity (Wildman–Crippen MR) is 143 cm³/mol. The average Bonchev–Trinajstić information content (AvgIpc) is 2.92. The van der Waals surface area contributed by atoms with E-state index >= 15 is 0 Å². The van der Waals surface area contributed by atoms with Gasteiger partial charge in [0.05, 0.1) is 0 Å². The molecule has 3 aromatic rings. The first-order valence-electron chi connectivity index (χ1n) is 12.7. The number of rotatable bonds is 10. The number of carbonyl (C=O) groups excluding carboxylic acids is 2. The first-order valence-corrected chi connectivity index (χ1v) is 12.7. The summed E-state index contributed by atoms with van der Waals surface area (Å²) >= 11 is 0. The molecule has 2 N–H and O–H groups in total. The zero-order chi connectivity index (χ0) is 26.2. The Morgan fingerprint density at radius 2 is 1.84 bits per heavy atom. The van der Waals surface area contributed by atoms with Crippen LogP contribution in [0.15, 0.2) is 66.9 Å². The summed E-state index contributed by atoms with van der Waals surface area (Å²) in [5, 5.41) is 11.2. The second kappa shape index (κ2) is 12.3. The van der Waals surface area contributed by atoms with Crippen LogP contribution in [-0.2, 0) is 16.0 Å². The maximum absolute atomic E-state index is 12.2. The maximum Gasteiger partial charge on any atom is 0.322 e. The van der Waals surface area contributed by atoms with Crippen LogP contribution >= 0.6 is 0 Å². The second-order valence-corrected chi connectivity index (χ2v) is 9.61. The van der Waals surface area contributed by atoms with Crippen LogP contribution in [0.3, 0.4) is 0 Å². The third-order valence-electron chi connectivity index (χ3n) is 7.12. The molecular formula is C30H33N3O4. The van der Waals surface area contributed by atoms with E-state index in [1.54, 1.807) is 0 Å². The smallest absolute Gasteiger partial charge is 0.322 e. The maximum atomic E-state index is 12.2. The van der Waals surface area contributed by atoms with Gasteiger partial charge in [0, 0.05) is 48.1 Å². The fourth-order valence-electron chi connectivity index (χ4n) is 5.11. The lowest BCUT2D eigenvalue weighted by molar-refractivity contribution is -0.138. The van der Waals surface area contributed by atoms with Crippen LogP contribution in [0.25, 0.3) is 0 Å². The summed E-state index contributed by atoms with van der Waals surface area (Å²) < 4.78 is 0. The Bertz CT molecular complexity index is 1230. The van der Waals surface area contributed by atoms with Gasteiger partial charge in [-0.1, -0.05) is 36.4 Å². The van der Waals surface area contributed by atoms with Crippen LogP contribution < -0.4 is 10.2 Å². The Kier molecular flexibility index (Phi) is 8.67. The Morgan fingerprint density at radius 1 is 1.11 bits per heavy atom. The predicted octanol–water partition coefficient (Wildman–Crippen LogP) is 4.38. The van der Waals surface area contributed by atoms with Crippen molar-refractivity contribution < 1.29 is 19.5 Å². The van der Waals surface area contributed by atoms with Crippen molar-refractivity contribution >= 4 is 23.9 Å². The molecule has 0 unspecified atom stereocenters. The Labute approximate surface area is 217 Å². The number of hydrogen-bond donors (Lipinski definition) is 2. The number of carboxylic acid groups (broad SMARTS) is 1. The Balaban J connectivity index is 1.39. The van der Waals surface area contributed by atoms with Crippen molar-refractivity contribution in [3.8, 4) is 0 Å². The Hall–Kier alpha value is -4.00. The summed E-state index contributed by atoms with van der Waals surface area (Å²) in [4.78, 5) is 41.2. The number of amides is 1. The lowest BCUT2D eigenvalue weighted by Crippen LogP contribution is -2.41. The van der Waals surface area contributed by atoms with Gasteiger partial charge in [-0.05, 0) is 73.6 Å². The molecule has 2 aromatic carbocycles. The summed E-state index contributed by atoms with van der Waals surface area (Å²) in [7, 11) is 0. The van der Waals surface area contributed by atoms with Gasteiger partial charge in [0.15, 0.2) is 0 Å². The summed E-state index contributed by atoms with van der Waals surface area (Å²) in [5.74, 6) is -1.25. The lowest BCUT2D eigenvalue weighted by atomic mass is 9.84. The number of anilines is 1.